The molecule has 7 nitrogen and oxygen atoms in total. The molecule has 1 saturated heterocycles. The lowest BCUT2D eigenvalue weighted by atomic mass is 9.90. The van der Waals surface area contributed by atoms with Gasteiger partial charge in [-0.05, 0) is 61.4 Å². The number of nitrogens with one attached hydrogen (secondary N) is 1. The van der Waals surface area contributed by atoms with Gasteiger partial charge in [0.15, 0.2) is 0 Å². The predicted molar refractivity (Wildman–Crippen MR) is 123 cm³/mol. The number of halogens is 1. The molecule has 160 valence electrons. The molecule has 1 aromatic heterocycles. The molecule has 3 aromatic rings. The molecule has 0 amide bonds. The summed E-state index contributed by atoms with van der Waals surface area (Å²) < 4.78 is 0. The van der Waals surface area contributed by atoms with Crippen molar-refractivity contribution in [3.05, 3.63) is 81.1 Å². The molecule has 1 fully saturated rings. The van der Waals surface area contributed by atoms with Crippen LogP contribution in [0.2, 0.25) is 5.02 Å². The van der Waals surface area contributed by atoms with Crippen LogP contribution >= 0.6 is 11.6 Å². The summed E-state index contributed by atoms with van der Waals surface area (Å²) in [6.07, 6.45) is 4.35. The van der Waals surface area contributed by atoms with Crippen molar-refractivity contribution in [2.24, 2.45) is 5.92 Å². The number of hydrogen-bond donors (Lipinski definition) is 1. The van der Waals surface area contributed by atoms with Crippen molar-refractivity contribution in [2.75, 3.05) is 23.3 Å². The van der Waals surface area contributed by atoms with Crippen molar-refractivity contribution < 1.29 is 4.92 Å². The molecular weight excluding hydrogens is 414 g/mol. The number of piperidine rings is 1. The van der Waals surface area contributed by atoms with Gasteiger partial charge in [-0.15, -0.1) is 0 Å². The van der Waals surface area contributed by atoms with Crippen molar-refractivity contribution in [2.45, 2.75) is 26.2 Å². The summed E-state index contributed by atoms with van der Waals surface area (Å²) in [7, 11) is 0. The highest BCUT2D eigenvalue weighted by Gasteiger charge is 2.30. The molecule has 2 heterocycles. The highest BCUT2D eigenvalue weighted by atomic mass is 35.5. The molecule has 8 heteroatoms. The molecule has 1 N–H and O–H groups in total. The topological polar surface area (TPSA) is 84.2 Å². The fraction of sp³-hybridized carbons (Fsp3) is 0.304. The normalized spacial score (nSPS) is 14.5. The van der Waals surface area contributed by atoms with E-state index in [1.807, 2.05) is 17.9 Å². The fourth-order valence-corrected chi connectivity index (χ4v) is 4.28. The summed E-state index contributed by atoms with van der Waals surface area (Å²) in [4.78, 5) is 22.0. The van der Waals surface area contributed by atoms with Gasteiger partial charge in [-0.2, -0.15) is 0 Å². The summed E-state index contributed by atoms with van der Waals surface area (Å²) >= 11 is 6.02. The smallest absolute Gasteiger partial charge is 0.351 e. The number of aromatic nitrogens is 2. The number of aryl methyl sites for hydroxylation is 1. The van der Waals surface area contributed by atoms with Crippen LogP contribution in [-0.4, -0.2) is 28.0 Å². The molecule has 0 radical (unpaired) electrons. The number of anilines is 3. The fourth-order valence-electron chi connectivity index (χ4n) is 4.05. The number of hydrogen-bond acceptors (Lipinski definition) is 6. The van der Waals surface area contributed by atoms with E-state index in [4.69, 9.17) is 11.6 Å². The minimum Gasteiger partial charge on any atom is -0.351 e. The van der Waals surface area contributed by atoms with Crippen molar-refractivity contribution in [1.82, 2.24) is 9.97 Å². The van der Waals surface area contributed by atoms with Gasteiger partial charge in [-0.3, -0.25) is 10.1 Å². The Balaban J connectivity index is 1.52. The van der Waals surface area contributed by atoms with Crippen LogP contribution in [0, 0.1) is 23.0 Å². The average molecular weight is 438 g/mol. The standard InChI is InChI=1S/C23H24ClN5O2/c1-16-13-19(24)7-8-20(16)27-22-21(29(30)31)23(26-15-25-22)28-11-9-18(10-12-28)14-17-5-3-2-4-6-17/h2-8,13,15,18H,9-12,14H2,1H3,(H,25,26,27). The lowest BCUT2D eigenvalue weighted by Crippen LogP contribution is -2.35. The maximum atomic E-state index is 12.0. The number of nitrogens with zero attached hydrogens (tertiary/aromatic N) is 4. The van der Waals surface area contributed by atoms with Crippen LogP contribution in [0.5, 0.6) is 0 Å². The van der Waals surface area contributed by atoms with Crippen molar-refractivity contribution in [3.63, 3.8) is 0 Å². The Morgan fingerprint density at radius 2 is 1.90 bits per heavy atom. The van der Waals surface area contributed by atoms with Crippen molar-refractivity contribution in [3.8, 4) is 0 Å². The van der Waals surface area contributed by atoms with Gasteiger partial charge in [-0.1, -0.05) is 41.9 Å². The summed E-state index contributed by atoms with van der Waals surface area (Å²) in [5.41, 5.74) is 2.83. The van der Waals surface area contributed by atoms with Gasteiger partial charge in [-0.25, -0.2) is 9.97 Å². The Bertz CT molecular complexity index is 1070. The van der Waals surface area contributed by atoms with Gasteiger partial charge in [0.25, 0.3) is 0 Å². The van der Waals surface area contributed by atoms with E-state index < -0.39 is 4.92 Å². The maximum Gasteiger partial charge on any atom is 0.353 e. The van der Waals surface area contributed by atoms with Crippen LogP contribution in [0.15, 0.2) is 54.9 Å². The molecule has 0 saturated carbocycles. The summed E-state index contributed by atoms with van der Waals surface area (Å²) in [6, 6.07) is 15.8. The Labute approximate surface area is 186 Å². The summed E-state index contributed by atoms with van der Waals surface area (Å²) in [5, 5.41) is 15.7. The van der Waals surface area contributed by atoms with Crippen molar-refractivity contribution in [1.29, 1.82) is 0 Å². The molecule has 2 aromatic carbocycles. The third-order valence-electron chi connectivity index (χ3n) is 5.71. The van der Waals surface area contributed by atoms with E-state index in [0.29, 0.717) is 16.8 Å². The first-order chi connectivity index (χ1) is 15.0. The van der Waals surface area contributed by atoms with E-state index in [1.54, 1.807) is 18.2 Å². The quantitative estimate of drug-likeness (QED) is 0.402. The minimum absolute atomic E-state index is 0.0987. The SMILES string of the molecule is Cc1cc(Cl)ccc1Nc1ncnc(N2CCC(Cc3ccccc3)CC2)c1[N+](=O)[O-]. The first-order valence-electron chi connectivity index (χ1n) is 10.3. The van der Waals surface area contributed by atoms with Gasteiger partial charge in [0.1, 0.15) is 6.33 Å². The van der Waals surface area contributed by atoms with Gasteiger partial charge in [0, 0.05) is 23.8 Å². The van der Waals surface area contributed by atoms with Crippen LogP contribution < -0.4 is 10.2 Å². The Kier molecular flexibility index (Phi) is 6.32. The molecule has 0 atom stereocenters. The molecule has 0 unspecified atom stereocenters. The highest BCUT2D eigenvalue weighted by Crippen LogP contribution is 2.36. The first-order valence-corrected chi connectivity index (χ1v) is 10.7. The third kappa shape index (κ3) is 4.94. The third-order valence-corrected chi connectivity index (χ3v) is 5.94. The first kappa shape index (κ1) is 21.1. The predicted octanol–water partition coefficient (Wildman–Crippen LogP) is 5.55. The second-order valence-corrected chi connectivity index (χ2v) is 8.29. The minimum atomic E-state index is -0.404. The lowest BCUT2D eigenvalue weighted by molar-refractivity contribution is -0.383. The molecule has 1 aliphatic heterocycles. The van der Waals surface area contributed by atoms with Crippen LogP contribution in [0.3, 0.4) is 0 Å². The Hall–Kier alpha value is -3.19. The lowest BCUT2D eigenvalue weighted by Gasteiger charge is -2.32. The van der Waals surface area contributed by atoms with Crippen LogP contribution in [0.25, 0.3) is 0 Å². The second kappa shape index (κ2) is 9.31. The van der Waals surface area contributed by atoms with E-state index in [2.05, 4.69) is 39.6 Å². The van der Waals surface area contributed by atoms with Crippen molar-refractivity contribution >= 4 is 34.6 Å². The van der Waals surface area contributed by atoms with Crippen LogP contribution in [0.1, 0.15) is 24.0 Å². The molecule has 0 spiro atoms. The van der Waals surface area contributed by atoms with Gasteiger partial charge < -0.3 is 10.2 Å². The molecule has 31 heavy (non-hydrogen) atoms. The second-order valence-electron chi connectivity index (χ2n) is 7.86. The average Bonchev–Trinajstić information content (AvgIpc) is 2.77. The zero-order chi connectivity index (χ0) is 21.8. The van der Waals surface area contributed by atoms with Gasteiger partial charge in [0.05, 0.1) is 4.92 Å². The number of rotatable bonds is 6. The van der Waals surface area contributed by atoms with E-state index in [1.165, 1.54) is 11.9 Å². The van der Waals surface area contributed by atoms with E-state index in [-0.39, 0.29) is 11.5 Å². The Morgan fingerprint density at radius 1 is 1.16 bits per heavy atom. The van der Waals surface area contributed by atoms with Gasteiger partial charge >= 0.3 is 5.69 Å². The molecule has 1 aliphatic rings. The Morgan fingerprint density at radius 3 is 2.58 bits per heavy atom. The zero-order valence-corrected chi connectivity index (χ0v) is 18.0. The largest absolute Gasteiger partial charge is 0.353 e. The molecule has 0 aliphatic carbocycles. The molecular formula is C23H24ClN5O2. The van der Waals surface area contributed by atoms with Crippen LogP contribution in [-0.2, 0) is 6.42 Å². The number of nitro groups is 1. The maximum absolute atomic E-state index is 12.0. The monoisotopic (exact) mass is 437 g/mol. The van der Waals surface area contributed by atoms with E-state index in [9.17, 15) is 10.1 Å². The summed E-state index contributed by atoms with van der Waals surface area (Å²) in [5.74, 6) is 1.12. The van der Waals surface area contributed by atoms with E-state index in [0.717, 1.165) is 43.6 Å². The van der Waals surface area contributed by atoms with E-state index >= 15 is 0 Å². The van der Waals surface area contributed by atoms with Crippen LogP contribution in [0.4, 0.5) is 23.0 Å². The highest BCUT2D eigenvalue weighted by molar-refractivity contribution is 6.30. The number of benzene rings is 2. The van der Waals surface area contributed by atoms with Gasteiger partial charge in [0.2, 0.25) is 11.6 Å². The zero-order valence-electron chi connectivity index (χ0n) is 17.3. The summed E-state index contributed by atoms with van der Waals surface area (Å²) in [6.45, 7) is 3.35. The molecule has 4 rings (SSSR count). The molecule has 0 bridgehead atoms.